The van der Waals surface area contributed by atoms with Crippen molar-refractivity contribution in [2.45, 2.75) is 32.6 Å². The standard InChI is InChI=1S/C17H21NOS.ClH/c1-2-14-8-3-4-9-15(14)18-12-6-5-10-16(19)17-11-7-13-20-17;/h3-4,7-9,11,13,18H,2,5-6,10,12H2,1H3;1H. The summed E-state index contributed by atoms with van der Waals surface area (Å²) in [6.07, 6.45) is 3.66. The summed E-state index contributed by atoms with van der Waals surface area (Å²) in [5.74, 6) is 0.272. The van der Waals surface area contributed by atoms with Gasteiger partial charge in [-0.05, 0) is 42.3 Å². The molecule has 0 fully saturated rings. The number of carbonyl (C=O) groups is 1. The van der Waals surface area contributed by atoms with Gasteiger partial charge in [0.25, 0.3) is 0 Å². The van der Waals surface area contributed by atoms with E-state index >= 15 is 0 Å². The number of nitrogens with one attached hydrogen (secondary N) is 1. The van der Waals surface area contributed by atoms with Gasteiger partial charge in [0.15, 0.2) is 5.78 Å². The number of unbranched alkanes of at least 4 members (excludes halogenated alkanes) is 1. The molecular formula is C17H22ClNOS. The number of thiophene rings is 1. The van der Waals surface area contributed by atoms with E-state index in [1.54, 1.807) is 0 Å². The van der Waals surface area contributed by atoms with Crippen molar-refractivity contribution < 1.29 is 4.79 Å². The molecule has 0 spiro atoms. The summed E-state index contributed by atoms with van der Waals surface area (Å²) in [4.78, 5) is 12.7. The minimum Gasteiger partial charge on any atom is -0.385 e. The van der Waals surface area contributed by atoms with Crippen LogP contribution in [0.4, 0.5) is 5.69 Å². The third kappa shape index (κ3) is 5.52. The summed E-state index contributed by atoms with van der Waals surface area (Å²) in [7, 11) is 0. The molecule has 0 saturated carbocycles. The van der Waals surface area contributed by atoms with Crippen LogP contribution in [-0.2, 0) is 6.42 Å². The number of Topliss-reactive ketones (excluding diaryl/α,β-unsaturated/α-hetero) is 1. The summed E-state index contributed by atoms with van der Waals surface area (Å²) < 4.78 is 0. The number of hydrogen-bond donors (Lipinski definition) is 1. The Balaban J connectivity index is 0.00000220. The van der Waals surface area contributed by atoms with E-state index in [1.807, 2.05) is 17.5 Å². The van der Waals surface area contributed by atoms with E-state index in [9.17, 15) is 4.79 Å². The van der Waals surface area contributed by atoms with E-state index in [-0.39, 0.29) is 18.2 Å². The lowest BCUT2D eigenvalue weighted by atomic mass is 10.1. The largest absolute Gasteiger partial charge is 0.385 e. The maximum atomic E-state index is 11.8. The predicted octanol–water partition coefficient (Wildman–Crippen LogP) is 5.20. The molecule has 0 aliphatic heterocycles. The highest BCUT2D eigenvalue weighted by Gasteiger charge is 2.05. The average Bonchev–Trinajstić information content (AvgIpc) is 3.01. The second-order valence-corrected chi connectivity index (χ2v) is 5.74. The summed E-state index contributed by atoms with van der Waals surface area (Å²) >= 11 is 1.53. The van der Waals surface area contributed by atoms with Crippen molar-refractivity contribution in [3.05, 3.63) is 52.2 Å². The number of hydrogen-bond acceptors (Lipinski definition) is 3. The van der Waals surface area contributed by atoms with Crippen molar-refractivity contribution in [2.24, 2.45) is 0 Å². The maximum Gasteiger partial charge on any atom is 0.172 e. The highest BCUT2D eigenvalue weighted by Crippen LogP contribution is 2.16. The number of para-hydroxylation sites is 1. The van der Waals surface area contributed by atoms with Crippen LogP contribution in [0.15, 0.2) is 41.8 Å². The zero-order chi connectivity index (χ0) is 14.2. The Morgan fingerprint density at radius 1 is 1.14 bits per heavy atom. The number of rotatable bonds is 8. The van der Waals surface area contributed by atoms with Gasteiger partial charge in [-0.25, -0.2) is 0 Å². The van der Waals surface area contributed by atoms with E-state index in [4.69, 9.17) is 0 Å². The third-order valence-electron chi connectivity index (χ3n) is 3.34. The second-order valence-electron chi connectivity index (χ2n) is 4.80. The van der Waals surface area contributed by atoms with Gasteiger partial charge in [0.1, 0.15) is 0 Å². The molecule has 2 aromatic rings. The van der Waals surface area contributed by atoms with Gasteiger partial charge < -0.3 is 5.32 Å². The molecule has 1 N–H and O–H groups in total. The first-order valence-corrected chi connectivity index (χ1v) is 8.07. The molecule has 1 aromatic heterocycles. The van der Waals surface area contributed by atoms with Gasteiger partial charge in [-0.2, -0.15) is 0 Å². The molecule has 0 aliphatic carbocycles. The Bertz CT molecular complexity index is 539. The van der Waals surface area contributed by atoms with Crippen LogP contribution >= 0.6 is 23.7 Å². The first kappa shape index (κ1) is 17.7. The van der Waals surface area contributed by atoms with E-state index in [0.29, 0.717) is 6.42 Å². The lowest BCUT2D eigenvalue weighted by Gasteiger charge is -2.10. The van der Waals surface area contributed by atoms with Crippen LogP contribution in [0.25, 0.3) is 0 Å². The normalized spacial score (nSPS) is 9.95. The molecule has 2 nitrogen and oxygen atoms in total. The molecule has 1 aromatic carbocycles. The molecule has 0 amide bonds. The van der Waals surface area contributed by atoms with Gasteiger partial charge in [-0.15, -0.1) is 23.7 Å². The molecule has 0 saturated heterocycles. The lowest BCUT2D eigenvalue weighted by molar-refractivity contribution is 0.0983. The van der Waals surface area contributed by atoms with Crippen molar-refractivity contribution in [3.8, 4) is 0 Å². The average molecular weight is 324 g/mol. The first-order chi connectivity index (χ1) is 9.81. The number of aryl methyl sites for hydroxylation is 1. The molecule has 114 valence electrons. The van der Waals surface area contributed by atoms with Crippen LogP contribution in [0.3, 0.4) is 0 Å². The van der Waals surface area contributed by atoms with E-state index < -0.39 is 0 Å². The summed E-state index contributed by atoms with van der Waals surface area (Å²) in [5.41, 5.74) is 2.57. The van der Waals surface area contributed by atoms with Gasteiger partial charge in [0.2, 0.25) is 0 Å². The van der Waals surface area contributed by atoms with Crippen LogP contribution in [-0.4, -0.2) is 12.3 Å². The van der Waals surface area contributed by atoms with Gasteiger partial charge in [0.05, 0.1) is 4.88 Å². The summed E-state index contributed by atoms with van der Waals surface area (Å²) in [6.45, 7) is 3.09. The van der Waals surface area contributed by atoms with Gasteiger partial charge in [-0.3, -0.25) is 4.79 Å². The van der Waals surface area contributed by atoms with E-state index in [1.165, 1.54) is 22.6 Å². The monoisotopic (exact) mass is 323 g/mol. The van der Waals surface area contributed by atoms with E-state index in [0.717, 1.165) is 30.7 Å². The maximum absolute atomic E-state index is 11.8. The fourth-order valence-corrected chi connectivity index (χ4v) is 2.89. The van der Waals surface area contributed by atoms with Crippen molar-refractivity contribution >= 4 is 35.2 Å². The van der Waals surface area contributed by atoms with Gasteiger partial charge >= 0.3 is 0 Å². The van der Waals surface area contributed by atoms with E-state index in [2.05, 4.69) is 36.5 Å². The lowest BCUT2D eigenvalue weighted by Crippen LogP contribution is -2.05. The fraction of sp³-hybridized carbons (Fsp3) is 0.353. The fourth-order valence-electron chi connectivity index (χ4n) is 2.20. The topological polar surface area (TPSA) is 29.1 Å². The molecule has 0 bridgehead atoms. The Morgan fingerprint density at radius 2 is 1.95 bits per heavy atom. The molecule has 0 radical (unpaired) electrons. The van der Waals surface area contributed by atoms with Crippen LogP contribution in [0, 0.1) is 0 Å². The Labute approximate surface area is 137 Å². The zero-order valence-corrected chi connectivity index (χ0v) is 13.9. The molecular weight excluding hydrogens is 302 g/mol. The van der Waals surface area contributed by atoms with Crippen molar-refractivity contribution in [1.29, 1.82) is 0 Å². The second kappa shape index (κ2) is 9.59. The number of halogens is 1. The van der Waals surface area contributed by atoms with Gasteiger partial charge in [0, 0.05) is 18.7 Å². The summed E-state index contributed by atoms with van der Waals surface area (Å²) in [5, 5.41) is 5.42. The Kier molecular flexibility index (Phi) is 8.09. The van der Waals surface area contributed by atoms with Crippen molar-refractivity contribution in [3.63, 3.8) is 0 Å². The quantitative estimate of drug-likeness (QED) is 0.534. The number of anilines is 1. The molecule has 1 heterocycles. The number of benzene rings is 1. The number of carbonyl (C=O) groups excluding carboxylic acids is 1. The minimum absolute atomic E-state index is 0. The van der Waals surface area contributed by atoms with Crippen LogP contribution in [0.1, 0.15) is 41.4 Å². The highest BCUT2D eigenvalue weighted by atomic mass is 35.5. The number of ketones is 1. The molecule has 0 unspecified atom stereocenters. The Hall–Kier alpha value is -1.32. The van der Waals surface area contributed by atoms with Crippen LogP contribution < -0.4 is 5.32 Å². The zero-order valence-electron chi connectivity index (χ0n) is 12.3. The molecule has 4 heteroatoms. The predicted molar refractivity (Wildman–Crippen MR) is 94.1 cm³/mol. The van der Waals surface area contributed by atoms with Crippen molar-refractivity contribution in [2.75, 3.05) is 11.9 Å². The smallest absolute Gasteiger partial charge is 0.172 e. The van der Waals surface area contributed by atoms with Crippen LogP contribution in [0.5, 0.6) is 0 Å². The molecule has 0 atom stereocenters. The van der Waals surface area contributed by atoms with Crippen LogP contribution in [0.2, 0.25) is 0 Å². The highest BCUT2D eigenvalue weighted by molar-refractivity contribution is 7.12. The Morgan fingerprint density at radius 3 is 2.67 bits per heavy atom. The van der Waals surface area contributed by atoms with Crippen molar-refractivity contribution in [1.82, 2.24) is 0 Å². The minimum atomic E-state index is 0. The summed E-state index contributed by atoms with van der Waals surface area (Å²) in [6, 6.07) is 12.2. The SMILES string of the molecule is CCc1ccccc1NCCCCC(=O)c1cccs1.Cl. The molecule has 0 aliphatic rings. The first-order valence-electron chi connectivity index (χ1n) is 7.19. The van der Waals surface area contributed by atoms with Gasteiger partial charge in [-0.1, -0.05) is 31.2 Å². The molecule has 2 rings (SSSR count). The molecule has 21 heavy (non-hydrogen) atoms. The third-order valence-corrected chi connectivity index (χ3v) is 4.25.